The van der Waals surface area contributed by atoms with E-state index in [4.69, 9.17) is 10.8 Å². The van der Waals surface area contributed by atoms with Crippen molar-refractivity contribution in [1.29, 1.82) is 0 Å². The van der Waals surface area contributed by atoms with E-state index in [1.54, 1.807) is 0 Å². The molecule has 74 valence electrons. The van der Waals surface area contributed by atoms with Crippen LogP contribution in [0.4, 0.5) is 0 Å². The maximum atomic E-state index is 10.5. The first-order valence-corrected chi connectivity index (χ1v) is 5.34. The summed E-state index contributed by atoms with van der Waals surface area (Å²) in [5.41, 5.74) is 5.06. The molecule has 0 heterocycles. The predicted octanol–water partition coefficient (Wildman–Crippen LogP) is -0.307. The van der Waals surface area contributed by atoms with Crippen LogP contribution >= 0.6 is 7.37 Å². The van der Waals surface area contributed by atoms with Crippen LogP contribution in [0.1, 0.15) is 13.8 Å². The second-order valence-corrected chi connectivity index (χ2v) is 4.95. The van der Waals surface area contributed by atoms with Crippen LogP contribution in [-0.2, 0) is 9.36 Å². The van der Waals surface area contributed by atoms with E-state index in [-0.39, 0.29) is 20.0 Å². The third kappa shape index (κ3) is 7.72. The van der Waals surface area contributed by atoms with Crippen molar-refractivity contribution in [2.75, 3.05) is 12.8 Å². The van der Waals surface area contributed by atoms with Crippen LogP contribution in [0.25, 0.3) is 0 Å². The number of aliphatic carboxylic acids is 1. The zero-order valence-corrected chi connectivity index (χ0v) is 7.08. The van der Waals surface area contributed by atoms with E-state index < -0.39 is 19.4 Å². The summed E-state index contributed by atoms with van der Waals surface area (Å²) in [7, 11) is -3.35. The summed E-state index contributed by atoms with van der Waals surface area (Å²) in [6.07, 6.45) is -0.174. The number of nitrogens with two attached hydrogens (primary N) is 1. The molecule has 12 heavy (non-hydrogen) atoms. The second kappa shape index (κ2) is 5.30. The Balaban J connectivity index is 0. The number of rotatable bonds is 4. The number of carboxylic acids is 1. The standard InChI is InChI=1S/C5H12NO4P.CH4/c1-11(9,10)3-2-4(6)5(7)8;/h4H,2-3,6H2,1H3,(H,7,8)(H,9,10);1H4/p-1. The fraction of sp³-hybridized carbons (Fsp3) is 0.833. The molecule has 0 rings (SSSR count). The first-order valence-electron chi connectivity index (χ1n) is 3.09. The van der Waals surface area contributed by atoms with E-state index in [1.165, 1.54) is 0 Å². The molecule has 0 aromatic heterocycles. The van der Waals surface area contributed by atoms with Crippen molar-refractivity contribution < 1.29 is 19.4 Å². The summed E-state index contributed by atoms with van der Waals surface area (Å²) in [5, 5.41) is 8.26. The van der Waals surface area contributed by atoms with Gasteiger partial charge in [-0.2, -0.15) is 0 Å². The van der Waals surface area contributed by atoms with E-state index >= 15 is 0 Å². The molecule has 0 aromatic carbocycles. The van der Waals surface area contributed by atoms with Crippen molar-refractivity contribution in [2.24, 2.45) is 5.73 Å². The van der Waals surface area contributed by atoms with E-state index in [2.05, 4.69) is 0 Å². The first kappa shape index (κ1) is 14.2. The van der Waals surface area contributed by atoms with Crippen molar-refractivity contribution in [3.8, 4) is 0 Å². The minimum atomic E-state index is -3.35. The van der Waals surface area contributed by atoms with Gasteiger partial charge in [0.25, 0.3) is 0 Å². The van der Waals surface area contributed by atoms with Crippen LogP contribution in [0.15, 0.2) is 0 Å². The van der Waals surface area contributed by atoms with Gasteiger partial charge in [-0.15, -0.1) is 0 Å². The highest BCUT2D eigenvalue weighted by Gasteiger charge is 2.12. The molecule has 0 fully saturated rings. The molecule has 2 unspecified atom stereocenters. The molecule has 0 spiro atoms. The first-order chi connectivity index (χ1) is 4.83. The quantitative estimate of drug-likeness (QED) is 0.600. The minimum absolute atomic E-state index is 0. The highest BCUT2D eigenvalue weighted by molar-refractivity contribution is 7.55. The fourth-order valence-electron chi connectivity index (χ4n) is 0.497. The number of hydrogen-bond donors (Lipinski definition) is 2. The zero-order chi connectivity index (χ0) is 9.07. The van der Waals surface area contributed by atoms with Gasteiger partial charge < -0.3 is 20.3 Å². The van der Waals surface area contributed by atoms with Crippen LogP contribution in [0.3, 0.4) is 0 Å². The molecule has 0 aromatic rings. The van der Waals surface area contributed by atoms with Gasteiger partial charge in [0, 0.05) is 7.37 Å². The zero-order valence-electron chi connectivity index (χ0n) is 6.19. The lowest BCUT2D eigenvalue weighted by atomic mass is 10.2. The lowest BCUT2D eigenvalue weighted by Gasteiger charge is -2.17. The molecular weight excluding hydrogens is 181 g/mol. The van der Waals surface area contributed by atoms with E-state index in [9.17, 15) is 14.3 Å². The van der Waals surface area contributed by atoms with Crippen LogP contribution in [-0.4, -0.2) is 29.9 Å². The fourth-order valence-corrected chi connectivity index (χ4v) is 1.24. The largest absolute Gasteiger partial charge is 0.799 e. The van der Waals surface area contributed by atoms with Gasteiger partial charge in [-0.1, -0.05) is 7.43 Å². The third-order valence-corrected chi connectivity index (χ3v) is 2.23. The molecule has 0 aliphatic carbocycles. The lowest BCUT2D eigenvalue weighted by molar-refractivity contribution is -0.173. The molecule has 0 amide bonds. The van der Waals surface area contributed by atoms with E-state index in [0.717, 1.165) is 6.66 Å². The van der Waals surface area contributed by atoms with Crippen LogP contribution in [0.2, 0.25) is 0 Å². The monoisotopic (exact) mass is 196 g/mol. The number of hydrogen-bond acceptors (Lipinski definition) is 4. The molecule has 2 atom stereocenters. The predicted molar refractivity (Wildman–Crippen MR) is 45.4 cm³/mol. The Labute approximate surface area is 72.0 Å². The summed E-state index contributed by atoms with van der Waals surface area (Å²) in [6, 6.07) is -1.07. The van der Waals surface area contributed by atoms with Gasteiger partial charge in [-0.3, -0.25) is 4.79 Å². The smallest absolute Gasteiger partial charge is 0.320 e. The Bertz CT molecular complexity index is 188. The molecule has 6 heteroatoms. The highest BCUT2D eigenvalue weighted by Crippen LogP contribution is 2.30. The molecule has 0 saturated carbocycles. The van der Waals surface area contributed by atoms with Crippen molar-refractivity contribution in [1.82, 2.24) is 0 Å². The van der Waals surface area contributed by atoms with Gasteiger partial charge in [0.2, 0.25) is 0 Å². The summed E-state index contributed by atoms with van der Waals surface area (Å²) < 4.78 is 10.5. The Morgan fingerprint density at radius 1 is 1.75 bits per heavy atom. The summed E-state index contributed by atoms with van der Waals surface area (Å²) >= 11 is 0. The Kier molecular flexibility index (Phi) is 6.25. The number of carboxylic acid groups (broad SMARTS) is 1. The lowest BCUT2D eigenvalue weighted by Crippen LogP contribution is -2.31. The van der Waals surface area contributed by atoms with Crippen LogP contribution in [0.5, 0.6) is 0 Å². The highest BCUT2D eigenvalue weighted by atomic mass is 31.2. The Morgan fingerprint density at radius 3 is 2.42 bits per heavy atom. The molecule has 3 N–H and O–H groups in total. The summed E-state index contributed by atoms with van der Waals surface area (Å²) in [5.74, 6) is -1.17. The molecule has 0 saturated heterocycles. The SMILES string of the molecule is C.CP(=O)([O-])CCC(N)C(=O)O. The molecule has 5 nitrogen and oxygen atoms in total. The molecule has 0 aliphatic heterocycles. The molecule has 0 bridgehead atoms. The maximum absolute atomic E-state index is 10.5. The second-order valence-electron chi connectivity index (χ2n) is 2.47. The van der Waals surface area contributed by atoms with Crippen molar-refractivity contribution >= 4 is 13.3 Å². The normalized spacial score (nSPS) is 17.2. The summed E-state index contributed by atoms with van der Waals surface area (Å²) in [4.78, 5) is 20.6. The van der Waals surface area contributed by atoms with Gasteiger partial charge in [0.1, 0.15) is 6.04 Å². The van der Waals surface area contributed by atoms with Crippen molar-refractivity contribution in [2.45, 2.75) is 19.9 Å². The van der Waals surface area contributed by atoms with Crippen molar-refractivity contribution in [3.63, 3.8) is 0 Å². The van der Waals surface area contributed by atoms with Gasteiger partial charge in [-0.25, -0.2) is 0 Å². The topological polar surface area (TPSA) is 103 Å². The molecule has 0 radical (unpaired) electrons. The average molecular weight is 196 g/mol. The average Bonchev–Trinajstić information content (AvgIpc) is 1.80. The Hall–Kier alpha value is -0.380. The van der Waals surface area contributed by atoms with E-state index in [1.807, 2.05) is 0 Å². The van der Waals surface area contributed by atoms with Gasteiger partial charge >= 0.3 is 5.97 Å². The summed E-state index contributed by atoms with van der Waals surface area (Å²) in [6.45, 7) is 1.07. The Morgan fingerprint density at radius 2 is 2.17 bits per heavy atom. The van der Waals surface area contributed by atoms with E-state index in [0.29, 0.717) is 0 Å². The van der Waals surface area contributed by atoms with Crippen LogP contribution in [0, 0.1) is 0 Å². The maximum Gasteiger partial charge on any atom is 0.320 e. The van der Waals surface area contributed by atoms with Gasteiger partial charge in [0.15, 0.2) is 0 Å². The third-order valence-electron chi connectivity index (χ3n) is 1.16. The number of carbonyl (C=O) groups is 1. The molecular formula is C6H15NO4P-. The van der Waals surface area contributed by atoms with Crippen molar-refractivity contribution in [3.05, 3.63) is 0 Å². The van der Waals surface area contributed by atoms with Crippen LogP contribution < -0.4 is 10.6 Å². The minimum Gasteiger partial charge on any atom is -0.799 e. The van der Waals surface area contributed by atoms with Gasteiger partial charge in [-0.05, 0) is 19.2 Å². The molecule has 0 aliphatic rings. The van der Waals surface area contributed by atoms with Gasteiger partial charge in [0.05, 0.1) is 0 Å².